The Morgan fingerprint density at radius 3 is 1.58 bits per heavy atom. The molecule has 0 unspecified atom stereocenters. The molecule has 1 heterocycles. The Morgan fingerprint density at radius 2 is 1.03 bits per heavy atom. The predicted octanol–water partition coefficient (Wildman–Crippen LogP) is -4.18. The van der Waals surface area contributed by atoms with Gasteiger partial charge in [0.1, 0.15) is 66.2 Å². The molecule has 11 atom stereocenters. The molecule has 0 radical (unpaired) electrons. The Morgan fingerprint density at radius 1 is 0.542 bits per heavy atom. The number of hydrogen-bond donors (Lipinski definition) is 18. The summed E-state index contributed by atoms with van der Waals surface area (Å²) in [5.74, 6) is -13.5. The average molecular weight is 1370 g/mol. The molecule has 33 heteroatoms. The highest BCUT2D eigenvalue weighted by atomic mass is 32.2. The molecule has 1 aliphatic rings. The van der Waals surface area contributed by atoms with E-state index in [-0.39, 0.29) is 87.3 Å². The van der Waals surface area contributed by atoms with Gasteiger partial charge in [-0.2, -0.15) is 0 Å². The number of guanidine groups is 1. The summed E-state index contributed by atoms with van der Waals surface area (Å²) in [7, 11) is 0. The number of unbranched alkanes of at least 4 members (excludes halogenated alkanes) is 1. The summed E-state index contributed by atoms with van der Waals surface area (Å²) < 4.78 is 0. The summed E-state index contributed by atoms with van der Waals surface area (Å²) in [5.41, 5.74) is 23.7. The maximum atomic E-state index is 14.8. The molecule has 0 aliphatic carbocycles. The predicted molar refractivity (Wildman–Crippen MR) is 358 cm³/mol. The standard InChI is InChI=1S/C63H99N17O15S/c1-8-36(6)52-62(95)79-47(31-81)61(94)76-43(25-34(2)3)55(88)70-29-49(83)69-30-50(84)73-48(53(65)86)32-96-33-51(85)72-45(28-39-19-21-40(82)22-20-39)59(92)77-44(26-35(4)5)58(91)75-42(18-14-24-68-63(66)67)57(90)78-46(27-38-15-10-9-11-16-38)60(93)74-41(17-12-13-23-64)56(89)71-37(7)54(87)80-52/h9-11,15-16,19-22,34-37,41-48,52,81-82H,8,12-14,17-18,23-33,64H2,1-7H3,(H2,65,86)(H,69,83)(H,70,88)(H,71,89)(H,72,85)(H,73,84)(H,74,93)(H,75,91)(H,76,94)(H,77,92)(H,78,90)(H,79,95)(H,80,87)(H4,66,67,68)/t36-,37-,41-,42-,43-,44-,45-,46-,47-,48-,52-/m0/s1. The van der Waals surface area contributed by atoms with Crippen LogP contribution in [0.3, 0.4) is 0 Å². The van der Waals surface area contributed by atoms with Crippen molar-refractivity contribution in [2.24, 2.45) is 45.7 Å². The van der Waals surface area contributed by atoms with E-state index < -0.39 is 169 Å². The van der Waals surface area contributed by atoms with Gasteiger partial charge in [0.05, 0.1) is 25.4 Å². The van der Waals surface area contributed by atoms with Gasteiger partial charge in [-0.15, -0.1) is 11.8 Å². The van der Waals surface area contributed by atoms with Crippen molar-refractivity contribution in [2.75, 3.05) is 44.3 Å². The number of hydrogen-bond acceptors (Lipinski definition) is 18. The van der Waals surface area contributed by atoms with Crippen LogP contribution in [0.5, 0.6) is 5.75 Å². The van der Waals surface area contributed by atoms with E-state index in [0.717, 1.165) is 11.8 Å². The number of thioether (sulfide) groups is 1. The fourth-order valence-electron chi connectivity index (χ4n) is 9.73. The number of aliphatic imine (C=N–C) groups is 1. The summed E-state index contributed by atoms with van der Waals surface area (Å²) in [6.45, 7) is 9.56. The van der Waals surface area contributed by atoms with Crippen LogP contribution in [-0.2, 0) is 75.2 Å². The Balaban J connectivity index is 2.16. The van der Waals surface area contributed by atoms with Gasteiger partial charge < -0.3 is 96.9 Å². The number of nitrogens with two attached hydrogens (primary N) is 4. The third kappa shape index (κ3) is 30.1. The van der Waals surface area contributed by atoms with E-state index in [1.54, 1.807) is 71.9 Å². The fourth-order valence-corrected chi connectivity index (χ4v) is 10.6. The second kappa shape index (κ2) is 42.4. The van der Waals surface area contributed by atoms with Gasteiger partial charge in [0.2, 0.25) is 76.8 Å². The van der Waals surface area contributed by atoms with Crippen LogP contribution in [0, 0.1) is 17.8 Å². The zero-order chi connectivity index (χ0) is 71.6. The first-order valence-electron chi connectivity index (χ1n) is 32.1. The Labute approximate surface area is 563 Å². The van der Waals surface area contributed by atoms with Crippen molar-refractivity contribution in [2.45, 2.75) is 173 Å². The molecule has 1 aliphatic heterocycles. The number of rotatable bonds is 20. The highest BCUT2D eigenvalue weighted by Crippen LogP contribution is 2.16. The van der Waals surface area contributed by atoms with Crippen molar-refractivity contribution in [1.82, 2.24) is 63.8 Å². The maximum Gasteiger partial charge on any atom is 0.245 e. The molecule has 1 saturated heterocycles. The number of aromatic hydroxyl groups is 1. The molecule has 13 amide bonds. The lowest BCUT2D eigenvalue weighted by Crippen LogP contribution is -2.61. The number of benzene rings is 2. The average Bonchev–Trinajstić information content (AvgIpc) is 0.907. The van der Waals surface area contributed by atoms with E-state index in [1.807, 2.05) is 0 Å². The first-order chi connectivity index (χ1) is 45.4. The quantitative estimate of drug-likeness (QED) is 0.0340. The van der Waals surface area contributed by atoms with Crippen LogP contribution < -0.4 is 86.7 Å². The van der Waals surface area contributed by atoms with Crippen LogP contribution >= 0.6 is 11.8 Å². The van der Waals surface area contributed by atoms with Gasteiger partial charge in [-0.1, -0.05) is 90.4 Å². The van der Waals surface area contributed by atoms with Crippen molar-refractivity contribution in [3.8, 4) is 5.75 Å². The molecule has 1 fully saturated rings. The molecule has 0 aromatic heterocycles. The van der Waals surface area contributed by atoms with Crippen molar-refractivity contribution >= 4 is 94.5 Å². The Bertz CT molecular complexity index is 2980. The minimum atomic E-state index is -1.67. The number of phenolic OH excluding ortho intramolecular Hbond substituents is 1. The molecule has 22 N–H and O–H groups in total. The van der Waals surface area contributed by atoms with E-state index in [2.05, 4.69) is 68.8 Å². The van der Waals surface area contributed by atoms with Crippen LogP contribution in [0.2, 0.25) is 0 Å². The number of phenols is 1. The monoisotopic (exact) mass is 1370 g/mol. The lowest BCUT2D eigenvalue weighted by molar-refractivity contribution is -0.136. The van der Waals surface area contributed by atoms with Crippen molar-refractivity contribution in [3.63, 3.8) is 0 Å². The Hall–Kier alpha value is -9.11. The maximum absolute atomic E-state index is 14.8. The van der Waals surface area contributed by atoms with Crippen LogP contribution in [0.1, 0.15) is 111 Å². The van der Waals surface area contributed by atoms with Crippen LogP contribution in [0.25, 0.3) is 0 Å². The second-order valence-electron chi connectivity index (χ2n) is 24.4. The summed E-state index contributed by atoms with van der Waals surface area (Å²) in [6, 6.07) is 0.199. The number of aliphatic hydroxyl groups is 1. The fraction of sp³-hybridized carbons (Fsp3) is 0.587. The molecular weight excluding hydrogens is 1270 g/mol. The Kier molecular flexibility index (Phi) is 35.8. The molecule has 2 aromatic carbocycles. The molecule has 96 heavy (non-hydrogen) atoms. The summed E-state index contributed by atoms with van der Waals surface area (Å²) in [6.07, 6.45) is 0.707. The lowest BCUT2D eigenvalue weighted by Gasteiger charge is -2.29. The van der Waals surface area contributed by atoms with E-state index in [4.69, 9.17) is 22.9 Å². The SMILES string of the molecule is CC[C@H](C)[C@@H]1NC(=O)[C@H](C)NC(=O)[C@H](CCCCN)NC(=O)[C@H](Cc2ccccc2)NC(=O)[C@H](CCCN=C(N)N)NC(=O)[C@H](CC(C)C)NC(=O)[C@H](Cc2ccc(O)cc2)NC(=O)CSC[C@@H](C(N)=O)NC(=O)CNC(=O)CNC(=O)[C@H](CC(C)C)NC(=O)[C@H](CO)NC1=O. The second-order valence-corrected chi connectivity index (χ2v) is 25.4. The van der Waals surface area contributed by atoms with Gasteiger partial charge in [-0.25, -0.2) is 0 Å². The number of carbonyl (C=O) groups excluding carboxylic acids is 13. The minimum absolute atomic E-state index is 0.000593. The van der Waals surface area contributed by atoms with Crippen LogP contribution in [0.4, 0.5) is 0 Å². The number of aliphatic hydroxyl groups excluding tert-OH is 1. The molecule has 0 saturated carbocycles. The summed E-state index contributed by atoms with van der Waals surface area (Å²) >= 11 is 0.844. The molecule has 0 bridgehead atoms. The number of nitrogens with one attached hydrogen (secondary N) is 12. The zero-order valence-corrected chi connectivity index (χ0v) is 56.4. The normalized spacial score (nSPS) is 24.2. The van der Waals surface area contributed by atoms with Gasteiger partial charge in [-0.05, 0) is 99.4 Å². The smallest absolute Gasteiger partial charge is 0.245 e. The van der Waals surface area contributed by atoms with Crippen LogP contribution in [0.15, 0.2) is 59.6 Å². The minimum Gasteiger partial charge on any atom is -0.508 e. The highest BCUT2D eigenvalue weighted by Gasteiger charge is 2.37. The van der Waals surface area contributed by atoms with E-state index in [9.17, 15) is 72.5 Å². The largest absolute Gasteiger partial charge is 0.508 e. The third-order valence-electron chi connectivity index (χ3n) is 15.2. The molecule has 32 nitrogen and oxygen atoms in total. The van der Waals surface area contributed by atoms with E-state index in [0.29, 0.717) is 30.4 Å². The number of carbonyl (C=O) groups is 13. The third-order valence-corrected chi connectivity index (χ3v) is 16.2. The summed E-state index contributed by atoms with van der Waals surface area (Å²) in [4.78, 5) is 184. The molecular formula is C63H99N17O15S. The number of nitrogens with zero attached hydrogens (tertiary/aromatic N) is 1. The van der Waals surface area contributed by atoms with Crippen LogP contribution in [-0.4, -0.2) is 198 Å². The van der Waals surface area contributed by atoms with Gasteiger partial charge in [-0.3, -0.25) is 67.3 Å². The summed E-state index contributed by atoms with van der Waals surface area (Å²) in [5, 5.41) is 51.2. The van der Waals surface area contributed by atoms with Crippen molar-refractivity contribution in [3.05, 3.63) is 65.7 Å². The topological polar surface area (TPSA) is 523 Å². The van der Waals surface area contributed by atoms with Crippen molar-refractivity contribution < 1.29 is 72.5 Å². The zero-order valence-electron chi connectivity index (χ0n) is 55.6. The van der Waals surface area contributed by atoms with E-state index in [1.165, 1.54) is 31.2 Å². The first kappa shape index (κ1) is 81.1. The molecule has 532 valence electrons. The number of primary amides is 1. The van der Waals surface area contributed by atoms with Gasteiger partial charge in [0, 0.05) is 25.1 Å². The lowest BCUT2D eigenvalue weighted by atomic mass is 9.97. The molecule has 0 spiro atoms. The van der Waals surface area contributed by atoms with Gasteiger partial charge in [0.15, 0.2) is 5.96 Å². The van der Waals surface area contributed by atoms with Gasteiger partial charge >= 0.3 is 0 Å². The van der Waals surface area contributed by atoms with Gasteiger partial charge in [0.25, 0.3) is 0 Å². The molecule has 2 aromatic rings. The molecule has 3 rings (SSSR count). The van der Waals surface area contributed by atoms with Crippen molar-refractivity contribution in [1.29, 1.82) is 0 Å². The first-order valence-corrected chi connectivity index (χ1v) is 33.2. The van der Waals surface area contributed by atoms with E-state index >= 15 is 0 Å². The highest BCUT2D eigenvalue weighted by molar-refractivity contribution is 8.00. The number of amides is 13.